The molecular formula is C6H12NO2. The predicted octanol–water partition coefficient (Wildman–Crippen LogP) is 1.13. The zero-order valence-electron chi connectivity index (χ0n) is 5.51. The Labute approximate surface area is 55.1 Å². The van der Waals surface area contributed by atoms with Gasteiger partial charge in [0.05, 0.1) is 0 Å². The van der Waals surface area contributed by atoms with E-state index in [1.807, 2.05) is 0 Å². The van der Waals surface area contributed by atoms with Crippen LogP contribution in [0.2, 0.25) is 0 Å². The van der Waals surface area contributed by atoms with E-state index in [4.69, 9.17) is 4.84 Å². The van der Waals surface area contributed by atoms with Gasteiger partial charge in [0, 0.05) is 6.42 Å². The van der Waals surface area contributed by atoms with Crippen molar-refractivity contribution in [1.29, 1.82) is 0 Å². The smallest absolute Gasteiger partial charge is 0.161 e. The Morgan fingerprint density at radius 3 is 2.78 bits per heavy atom. The Morgan fingerprint density at radius 2 is 1.89 bits per heavy atom. The van der Waals surface area contributed by atoms with Gasteiger partial charge in [-0.2, -0.15) is 0 Å². The fourth-order valence-corrected chi connectivity index (χ4v) is 0.927. The number of hydrogen-bond donors (Lipinski definition) is 0. The lowest BCUT2D eigenvalue weighted by Crippen LogP contribution is -2.26. The molecule has 0 aromatic carbocycles. The van der Waals surface area contributed by atoms with Crippen LogP contribution in [-0.2, 0) is 4.84 Å². The first-order valence-corrected chi connectivity index (χ1v) is 3.47. The number of hydroxylamine groups is 2. The quantitative estimate of drug-likeness (QED) is 0.461. The van der Waals surface area contributed by atoms with Crippen LogP contribution in [-0.4, -0.2) is 13.2 Å². The molecule has 0 N–H and O–H groups in total. The third kappa shape index (κ3) is 2.79. The highest BCUT2D eigenvalue weighted by molar-refractivity contribution is 4.55. The van der Waals surface area contributed by atoms with Crippen molar-refractivity contribution in [1.82, 2.24) is 5.23 Å². The summed E-state index contributed by atoms with van der Waals surface area (Å²) < 4.78 is 0. The average Bonchev–Trinajstić information content (AvgIpc) is 1.79. The van der Waals surface area contributed by atoms with Crippen LogP contribution in [0.4, 0.5) is 0 Å². The van der Waals surface area contributed by atoms with Crippen molar-refractivity contribution < 1.29 is 4.84 Å². The molecule has 0 aliphatic carbocycles. The summed E-state index contributed by atoms with van der Waals surface area (Å²) >= 11 is 0. The second kappa shape index (κ2) is 3.82. The Kier molecular flexibility index (Phi) is 2.97. The summed E-state index contributed by atoms with van der Waals surface area (Å²) in [7, 11) is 0. The average molecular weight is 130 g/mol. The van der Waals surface area contributed by atoms with E-state index in [1.54, 1.807) is 0 Å². The van der Waals surface area contributed by atoms with Gasteiger partial charge in [-0.25, -0.2) is 0 Å². The predicted molar refractivity (Wildman–Crippen MR) is 34.8 cm³/mol. The maximum atomic E-state index is 10.5. The Bertz CT molecular complexity index is 69.5. The monoisotopic (exact) mass is 130 g/mol. The van der Waals surface area contributed by atoms with Gasteiger partial charge in [-0.05, 0) is 18.1 Å². The van der Waals surface area contributed by atoms with Gasteiger partial charge < -0.3 is 5.21 Å². The lowest BCUT2D eigenvalue weighted by atomic mass is 10.2. The van der Waals surface area contributed by atoms with Gasteiger partial charge in [0.2, 0.25) is 0 Å². The Balaban J connectivity index is 2.12. The molecule has 0 aromatic rings. The van der Waals surface area contributed by atoms with E-state index in [0.717, 1.165) is 12.8 Å². The lowest BCUT2D eigenvalue weighted by Gasteiger charge is -2.13. The van der Waals surface area contributed by atoms with Crippen molar-refractivity contribution in [3.05, 3.63) is 5.21 Å². The highest BCUT2D eigenvalue weighted by Gasteiger charge is 2.07. The minimum atomic E-state index is 0.542. The van der Waals surface area contributed by atoms with Gasteiger partial charge in [0.25, 0.3) is 0 Å². The summed E-state index contributed by atoms with van der Waals surface area (Å²) in [5.74, 6) is 0. The molecule has 3 nitrogen and oxygen atoms in total. The van der Waals surface area contributed by atoms with Crippen molar-refractivity contribution in [2.45, 2.75) is 25.7 Å². The topological polar surface area (TPSA) is 38.2 Å². The summed E-state index contributed by atoms with van der Waals surface area (Å²) in [5, 5.41) is 11.2. The molecule has 1 aliphatic heterocycles. The molecule has 53 valence electrons. The normalized spacial score (nSPS) is 25.0. The van der Waals surface area contributed by atoms with E-state index < -0.39 is 0 Å². The van der Waals surface area contributed by atoms with Crippen LogP contribution in [0.15, 0.2) is 0 Å². The standard InChI is InChI=1S/C6H12NO2/c8-7-5-3-1-2-4-6-9-7/h1-6H2. The first-order chi connectivity index (χ1) is 4.39. The summed E-state index contributed by atoms with van der Waals surface area (Å²) in [5.41, 5.74) is 0. The van der Waals surface area contributed by atoms with E-state index in [2.05, 4.69) is 0 Å². The summed E-state index contributed by atoms with van der Waals surface area (Å²) in [6.07, 6.45) is 4.37. The lowest BCUT2D eigenvalue weighted by molar-refractivity contribution is -0.0447. The Hall–Kier alpha value is -0.120. The fraction of sp³-hybridized carbons (Fsp3) is 1.00. The van der Waals surface area contributed by atoms with Crippen LogP contribution in [0.25, 0.3) is 0 Å². The van der Waals surface area contributed by atoms with Gasteiger partial charge in [-0.3, -0.25) is 0 Å². The largest absolute Gasteiger partial charge is 0.544 e. The van der Waals surface area contributed by atoms with Crippen molar-refractivity contribution in [2.24, 2.45) is 0 Å². The van der Waals surface area contributed by atoms with Crippen LogP contribution in [0.3, 0.4) is 0 Å². The molecule has 1 heterocycles. The molecule has 0 spiro atoms. The highest BCUT2D eigenvalue weighted by atomic mass is 16.9. The van der Waals surface area contributed by atoms with Crippen LogP contribution in [0.1, 0.15) is 25.7 Å². The van der Waals surface area contributed by atoms with E-state index >= 15 is 0 Å². The fourth-order valence-electron chi connectivity index (χ4n) is 0.927. The molecule has 1 radical (unpaired) electrons. The van der Waals surface area contributed by atoms with Gasteiger partial charge in [0.15, 0.2) is 6.54 Å². The third-order valence-electron chi connectivity index (χ3n) is 1.47. The van der Waals surface area contributed by atoms with Crippen molar-refractivity contribution >= 4 is 0 Å². The van der Waals surface area contributed by atoms with Crippen LogP contribution in [0, 0.1) is 5.21 Å². The molecule has 0 saturated carbocycles. The van der Waals surface area contributed by atoms with Crippen LogP contribution in [0.5, 0.6) is 0 Å². The first-order valence-electron chi connectivity index (χ1n) is 3.47. The summed E-state index contributed by atoms with van der Waals surface area (Å²) in [6.45, 7) is 1.14. The SMILES string of the molecule is [O-][N+]1CCCCCCO1. The van der Waals surface area contributed by atoms with Crippen LogP contribution >= 0.6 is 0 Å². The van der Waals surface area contributed by atoms with Gasteiger partial charge >= 0.3 is 0 Å². The minimum absolute atomic E-state index is 0.542. The Morgan fingerprint density at radius 1 is 1.11 bits per heavy atom. The molecule has 0 bridgehead atoms. The highest BCUT2D eigenvalue weighted by Crippen LogP contribution is 2.04. The third-order valence-corrected chi connectivity index (χ3v) is 1.47. The summed E-state index contributed by atoms with van der Waals surface area (Å²) in [4.78, 5) is 4.76. The molecule has 1 fully saturated rings. The van der Waals surface area contributed by atoms with Crippen molar-refractivity contribution in [3.63, 3.8) is 0 Å². The van der Waals surface area contributed by atoms with Gasteiger partial charge in [-0.15, -0.1) is 4.84 Å². The van der Waals surface area contributed by atoms with E-state index in [1.165, 1.54) is 12.8 Å². The molecule has 9 heavy (non-hydrogen) atoms. The first kappa shape index (κ1) is 6.99. The molecular weight excluding hydrogens is 118 g/mol. The maximum absolute atomic E-state index is 10.5. The molecule has 1 rings (SSSR count). The van der Waals surface area contributed by atoms with Crippen molar-refractivity contribution in [2.75, 3.05) is 13.2 Å². The zero-order chi connectivity index (χ0) is 6.53. The van der Waals surface area contributed by atoms with Gasteiger partial charge in [-0.1, -0.05) is 6.42 Å². The molecule has 0 amide bonds. The second-order valence-electron chi connectivity index (χ2n) is 2.30. The molecule has 0 atom stereocenters. The van der Waals surface area contributed by atoms with Gasteiger partial charge in [0.1, 0.15) is 6.61 Å². The second-order valence-corrected chi connectivity index (χ2v) is 2.30. The molecule has 0 aromatic heterocycles. The van der Waals surface area contributed by atoms with E-state index in [0.29, 0.717) is 18.4 Å². The van der Waals surface area contributed by atoms with E-state index in [-0.39, 0.29) is 0 Å². The molecule has 1 saturated heterocycles. The van der Waals surface area contributed by atoms with Crippen molar-refractivity contribution in [3.8, 4) is 0 Å². The number of rotatable bonds is 0. The van der Waals surface area contributed by atoms with Crippen LogP contribution < -0.4 is 5.23 Å². The molecule has 1 aliphatic rings. The summed E-state index contributed by atoms with van der Waals surface area (Å²) in [6, 6.07) is 0. The molecule has 3 heteroatoms. The minimum Gasteiger partial charge on any atom is -0.544 e. The number of hydrogen-bond acceptors (Lipinski definition) is 3. The number of nitrogens with zero attached hydrogens (tertiary/aromatic N) is 1. The molecule has 0 unspecified atom stereocenters. The van der Waals surface area contributed by atoms with E-state index in [9.17, 15) is 5.21 Å². The maximum Gasteiger partial charge on any atom is 0.161 e. The zero-order valence-corrected chi connectivity index (χ0v) is 5.51.